The summed E-state index contributed by atoms with van der Waals surface area (Å²) >= 11 is 1.37. The van der Waals surface area contributed by atoms with Gasteiger partial charge in [0.2, 0.25) is 5.78 Å². The van der Waals surface area contributed by atoms with E-state index in [1.54, 1.807) is 13.8 Å². The molecule has 0 unspecified atom stereocenters. The van der Waals surface area contributed by atoms with E-state index in [1.807, 2.05) is 31.2 Å². The summed E-state index contributed by atoms with van der Waals surface area (Å²) in [5.41, 5.74) is 2.68. The molecule has 0 fully saturated rings. The molecule has 0 saturated heterocycles. The fourth-order valence-electron chi connectivity index (χ4n) is 2.75. The summed E-state index contributed by atoms with van der Waals surface area (Å²) in [7, 11) is 1.28. The molecule has 2 rings (SSSR count). The fraction of sp³-hybridized carbons (Fsp3) is 0.350. The Morgan fingerprint density at radius 1 is 1.15 bits per heavy atom. The average Bonchev–Trinajstić information content (AvgIpc) is 2.94. The second kappa shape index (κ2) is 8.90. The number of ketones is 1. The molecule has 0 saturated carbocycles. The van der Waals surface area contributed by atoms with E-state index in [0.29, 0.717) is 16.8 Å². The van der Waals surface area contributed by atoms with Crippen molar-refractivity contribution in [2.24, 2.45) is 0 Å². The Morgan fingerprint density at radius 2 is 1.81 bits per heavy atom. The molecular weight excluding hydrogens is 366 g/mol. The van der Waals surface area contributed by atoms with Crippen LogP contribution in [0.2, 0.25) is 0 Å². The minimum atomic E-state index is -0.961. The van der Waals surface area contributed by atoms with Crippen LogP contribution in [0.1, 0.15) is 44.6 Å². The Hall–Kier alpha value is -2.54. The normalized spacial score (nSPS) is 11.7. The third kappa shape index (κ3) is 4.80. The summed E-state index contributed by atoms with van der Waals surface area (Å²) in [4.78, 5) is 40.5. The van der Waals surface area contributed by atoms with E-state index in [9.17, 15) is 14.4 Å². The number of aryl methyl sites for hydroxylation is 2. The summed E-state index contributed by atoms with van der Waals surface area (Å²) < 4.78 is 10.0. The molecule has 1 aromatic carbocycles. The van der Waals surface area contributed by atoms with Crippen molar-refractivity contribution in [3.8, 4) is 0 Å². The van der Waals surface area contributed by atoms with Crippen molar-refractivity contribution in [3.05, 3.63) is 52.3 Å². The number of benzene rings is 1. The summed E-state index contributed by atoms with van der Waals surface area (Å²) in [6, 6.07) is 7.74. The molecule has 7 heteroatoms. The van der Waals surface area contributed by atoms with Crippen molar-refractivity contribution in [2.45, 2.75) is 38.7 Å². The molecular formula is C20H23NO5S. The summed E-state index contributed by atoms with van der Waals surface area (Å²) in [5, 5.41) is 0. The van der Waals surface area contributed by atoms with Crippen LogP contribution in [0.3, 0.4) is 0 Å². The van der Waals surface area contributed by atoms with Crippen molar-refractivity contribution < 1.29 is 23.9 Å². The molecule has 0 aliphatic carbocycles. The van der Waals surface area contributed by atoms with Gasteiger partial charge in [-0.25, -0.2) is 4.79 Å². The molecule has 1 N–H and O–H groups in total. The first-order valence-corrected chi connectivity index (χ1v) is 9.44. The number of methoxy groups -OCH3 is 1. The minimum Gasteiger partial charge on any atom is -0.465 e. The van der Waals surface area contributed by atoms with Gasteiger partial charge in [-0.3, -0.25) is 9.59 Å². The van der Waals surface area contributed by atoms with E-state index in [0.717, 1.165) is 10.5 Å². The van der Waals surface area contributed by atoms with E-state index in [2.05, 4.69) is 4.98 Å². The van der Waals surface area contributed by atoms with Gasteiger partial charge < -0.3 is 14.5 Å². The maximum atomic E-state index is 12.6. The molecule has 144 valence electrons. The molecule has 0 amide bonds. The Morgan fingerprint density at radius 3 is 2.44 bits per heavy atom. The van der Waals surface area contributed by atoms with Crippen LogP contribution in [0.15, 0.2) is 29.2 Å². The summed E-state index contributed by atoms with van der Waals surface area (Å²) in [6.45, 7) is 6.83. The van der Waals surface area contributed by atoms with Crippen LogP contribution < -0.4 is 0 Å². The van der Waals surface area contributed by atoms with Crippen molar-refractivity contribution in [2.75, 3.05) is 12.9 Å². The molecule has 1 heterocycles. The number of Topliss-reactive ketones (excluding diaryl/α,β-unsaturated/α-hetero) is 1. The number of thioether (sulfide) groups is 1. The fourth-order valence-corrected chi connectivity index (χ4v) is 3.56. The van der Waals surface area contributed by atoms with E-state index in [4.69, 9.17) is 9.47 Å². The van der Waals surface area contributed by atoms with Crippen LogP contribution >= 0.6 is 11.8 Å². The van der Waals surface area contributed by atoms with Gasteiger partial charge >= 0.3 is 11.9 Å². The van der Waals surface area contributed by atoms with Gasteiger partial charge in [0.05, 0.1) is 24.1 Å². The molecule has 2 aromatic rings. The van der Waals surface area contributed by atoms with Crippen LogP contribution in [0.5, 0.6) is 0 Å². The highest BCUT2D eigenvalue weighted by molar-refractivity contribution is 8.00. The number of hydrogen-bond donors (Lipinski definition) is 1. The number of aromatic nitrogens is 1. The van der Waals surface area contributed by atoms with Crippen molar-refractivity contribution >= 4 is 29.5 Å². The van der Waals surface area contributed by atoms with Gasteiger partial charge in [-0.15, -0.1) is 11.8 Å². The molecule has 0 bridgehead atoms. The molecule has 1 aromatic heterocycles. The molecule has 27 heavy (non-hydrogen) atoms. The highest BCUT2D eigenvalue weighted by Gasteiger charge is 2.27. The largest absolute Gasteiger partial charge is 0.465 e. The quantitative estimate of drug-likeness (QED) is 0.442. The molecule has 0 spiro atoms. The van der Waals surface area contributed by atoms with E-state index < -0.39 is 18.0 Å². The SMILES string of the molecule is COC(=O)c1c(C)[nH]c(C(=O)[C@H](C)OC(=O)CSc2ccccc2C)c1C. The molecule has 1 atom stereocenters. The number of esters is 2. The predicted octanol–water partition coefficient (Wildman–Crippen LogP) is 3.63. The van der Waals surface area contributed by atoms with Gasteiger partial charge in [0, 0.05) is 10.6 Å². The molecule has 0 radical (unpaired) electrons. The van der Waals surface area contributed by atoms with Gasteiger partial charge in [-0.2, -0.15) is 0 Å². The predicted molar refractivity (Wildman–Crippen MR) is 103 cm³/mol. The average molecular weight is 389 g/mol. The van der Waals surface area contributed by atoms with Gasteiger partial charge in [0.1, 0.15) is 0 Å². The van der Waals surface area contributed by atoms with Crippen LogP contribution in [-0.4, -0.2) is 41.7 Å². The lowest BCUT2D eigenvalue weighted by Crippen LogP contribution is -2.26. The number of aromatic amines is 1. The first kappa shape index (κ1) is 20.8. The zero-order valence-corrected chi connectivity index (χ0v) is 16.9. The van der Waals surface area contributed by atoms with Crippen LogP contribution in [-0.2, 0) is 14.3 Å². The highest BCUT2D eigenvalue weighted by atomic mass is 32.2. The van der Waals surface area contributed by atoms with Crippen LogP contribution in [0.25, 0.3) is 0 Å². The molecule has 0 aliphatic heterocycles. The smallest absolute Gasteiger partial charge is 0.339 e. The number of ether oxygens (including phenoxy) is 2. The van der Waals surface area contributed by atoms with E-state index >= 15 is 0 Å². The van der Waals surface area contributed by atoms with Crippen molar-refractivity contribution in [1.29, 1.82) is 0 Å². The Bertz CT molecular complexity index is 871. The second-order valence-electron chi connectivity index (χ2n) is 6.17. The zero-order chi connectivity index (χ0) is 20.1. The molecule has 0 aliphatic rings. The third-order valence-electron chi connectivity index (χ3n) is 4.19. The Labute approximate surface area is 162 Å². The second-order valence-corrected chi connectivity index (χ2v) is 7.18. The van der Waals surface area contributed by atoms with Crippen LogP contribution in [0.4, 0.5) is 0 Å². The number of rotatable bonds is 7. The number of H-pyrrole nitrogens is 1. The number of hydrogen-bond acceptors (Lipinski definition) is 6. The Kier molecular flexibility index (Phi) is 6.85. The van der Waals surface area contributed by atoms with Gasteiger partial charge in [0.25, 0.3) is 0 Å². The number of carbonyl (C=O) groups excluding carboxylic acids is 3. The van der Waals surface area contributed by atoms with Gasteiger partial charge in [-0.05, 0) is 44.9 Å². The lowest BCUT2D eigenvalue weighted by Gasteiger charge is -2.12. The standard InChI is InChI=1S/C20H23NO5S/c1-11-8-6-7-9-15(11)27-10-16(22)26-14(4)19(23)18-12(2)17(13(3)21-18)20(24)25-5/h6-9,14,21H,10H2,1-5H3/t14-/m0/s1. The topological polar surface area (TPSA) is 85.5 Å². The lowest BCUT2D eigenvalue weighted by molar-refractivity contribution is -0.143. The lowest BCUT2D eigenvalue weighted by atomic mass is 10.1. The third-order valence-corrected chi connectivity index (χ3v) is 5.34. The highest BCUT2D eigenvalue weighted by Crippen LogP contribution is 2.23. The minimum absolute atomic E-state index is 0.110. The first-order valence-electron chi connectivity index (χ1n) is 8.45. The maximum absolute atomic E-state index is 12.6. The van der Waals surface area contributed by atoms with E-state index in [-0.39, 0.29) is 17.2 Å². The monoisotopic (exact) mass is 389 g/mol. The summed E-state index contributed by atoms with van der Waals surface area (Å²) in [6.07, 6.45) is -0.961. The van der Waals surface area contributed by atoms with E-state index in [1.165, 1.54) is 25.8 Å². The Balaban J connectivity index is 2.02. The number of carbonyl (C=O) groups is 3. The van der Waals surface area contributed by atoms with Crippen LogP contribution in [0, 0.1) is 20.8 Å². The van der Waals surface area contributed by atoms with Gasteiger partial charge in [0.15, 0.2) is 6.10 Å². The zero-order valence-electron chi connectivity index (χ0n) is 16.0. The number of nitrogens with one attached hydrogen (secondary N) is 1. The van der Waals surface area contributed by atoms with Crippen molar-refractivity contribution in [1.82, 2.24) is 4.98 Å². The van der Waals surface area contributed by atoms with Crippen molar-refractivity contribution in [3.63, 3.8) is 0 Å². The maximum Gasteiger partial charge on any atom is 0.339 e. The van der Waals surface area contributed by atoms with Gasteiger partial charge in [-0.1, -0.05) is 18.2 Å². The first-order chi connectivity index (χ1) is 12.8. The summed E-state index contributed by atoms with van der Waals surface area (Å²) in [5.74, 6) is -1.27. The molecule has 6 nitrogen and oxygen atoms in total.